The Morgan fingerprint density at radius 1 is 0.909 bits per heavy atom. The molecule has 1 N–H and O–H groups in total. The van der Waals surface area contributed by atoms with Gasteiger partial charge < -0.3 is 10.1 Å². The summed E-state index contributed by atoms with van der Waals surface area (Å²) < 4.78 is 6.19. The fraction of sp³-hybridized carbons (Fsp3) is 0.0714. The van der Waals surface area contributed by atoms with Gasteiger partial charge in [-0.2, -0.15) is 0 Å². The number of nitrogens with one attached hydrogen (secondary N) is 1. The molecule has 1 aliphatic heterocycles. The van der Waals surface area contributed by atoms with Crippen molar-refractivity contribution < 1.29 is 9.53 Å². The van der Waals surface area contributed by atoms with Crippen LogP contribution in [0.5, 0.6) is 5.75 Å². The number of fused-ring (bicyclic) bond motifs is 1. The minimum Gasteiger partial charge on any atom is -0.488 e. The third-order valence-electron chi connectivity index (χ3n) is 5.36. The van der Waals surface area contributed by atoms with Crippen molar-refractivity contribution in [1.82, 2.24) is 5.32 Å². The van der Waals surface area contributed by atoms with Gasteiger partial charge in [-0.3, -0.25) is 4.79 Å². The number of hydrogen-bond acceptors (Lipinski definition) is 4. The van der Waals surface area contributed by atoms with Crippen LogP contribution in [-0.2, 0) is 11.4 Å². The molecule has 0 bridgehead atoms. The van der Waals surface area contributed by atoms with E-state index in [2.05, 4.69) is 22.4 Å². The molecular formula is C28H22N2O2S. The van der Waals surface area contributed by atoms with Crippen LogP contribution in [-0.4, -0.2) is 11.1 Å². The van der Waals surface area contributed by atoms with Crippen LogP contribution in [0.4, 0.5) is 5.69 Å². The largest absolute Gasteiger partial charge is 0.488 e. The Morgan fingerprint density at radius 3 is 2.48 bits per heavy atom. The summed E-state index contributed by atoms with van der Waals surface area (Å²) in [5.41, 5.74) is 3.95. The Labute approximate surface area is 197 Å². The second-order valence-electron chi connectivity index (χ2n) is 7.79. The lowest BCUT2D eigenvalue weighted by Gasteiger charge is -2.12. The molecule has 5 rings (SSSR count). The predicted molar refractivity (Wildman–Crippen MR) is 137 cm³/mol. The average Bonchev–Trinajstić information content (AvgIpc) is 3.19. The van der Waals surface area contributed by atoms with Gasteiger partial charge in [0, 0.05) is 5.56 Å². The summed E-state index contributed by atoms with van der Waals surface area (Å²) in [7, 11) is 0. The van der Waals surface area contributed by atoms with Gasteiger partial charge in [-0.15, -0.1) is 0 Å². The number of carbonyl (C=O) groups excluding carboxylic acids is 1. The van der Waals surface area contributed by atoms with Gasteiger partial charge in [0.1, 0.15) is 12.4 Å². The fourth-order valence-corrected chi connectivity index (χ4v) is 4.46. The number of benzene rings is 4. The summed E-state index contributed by atoms with van der Waals surface area (Å²) in [6.07, 6.45) is 1.90. The Bertz CT molecular complexity index is 1380. The normalized spacial score (nSPS) is 15.8. The van der Waals surface area contributed by atoms with E-state index in [1.54, 1.807) is 0 Å². The lowest BCUT2D eigenvalue weighted by Crippen LogP contribution is -2.19. The number of thioether (sulfide) groups is 1. The molecule has 1 fully saturated rings. The first-order valence-corrected chi connectivity index (χ1v) is 11.5. The SMILES string of the molecule is Cc1ccc(N=C2NC(=O)C(=Cc3c(OCc4ccccc4)ccc4ccccc34)S2)cc1. The smallest absolute Gasteiger partial charge is 0.264 e. The van der Waals surface area contributed by atoms with Crippen molar-refractivity contribution in [3.63, 3.8) is 0 Å². The van der Waals surface area contributed by atoms with Gasteiger partial charge in [0.15, 0.2) is 5.17 Å². The quantitative estimate of drug-likeness (QED) is 0.348. The Balaban J connectivity index is 1.48. The number of carbonyl (C=O) groups is 1. The molecule has 1 aliphatic rings. The molecule has 1 amide bonds. The molecule has 0 radical (unpaired) electrons. The van der Waals surface area contributed by atoms with Gasteiger partial charge in [-0.1, -0.05) is 78.4 Å². The van der Waals surface area contributed by atoms with Gasteiger partial charge in [0.2, 0.25) is 0 Å². The summed E-state index contributed by atoms with van der Waals surface area (Å²) in [6.45, 7) is 2.49. The highest BCUT2D eigenvalue weighted by Crippen LogP contribution is 2.35. The zero-order chi connectivity index (χ0) is 22.6. The highest BCUT2D eigenvalue weighted by Gasteiger charge is 2.24. The summed E-state index contributed by atoms with van der Waals surface area (Å²) >= 11 is 1.34. The van der Waals surface area contributed by atoms with Crippen molar-refractivity contribution >= 4 is 45.4 Å². The zero-order valence-corrected chi connectivity index (χ0v) is 18.9. The summed E-state index contributed by atoms with van der Waals surface area (Å²) in [6, 6.07) is 30.1. The van der Waals surface area contributed by atoms with Gasteiger partial charge in [-0.05, 0) is 59.3 Å². The van der Waals surface area contributed by atoms with Crippen LogP contribution < -0.4 is 10.1 Å². The van der Waals surface area contributed by atoms with E-state index in [4.69, 9.17) is 4.74 Å². The maximum Gasteiger partial charge on any atom is 0.264 e. The standard InChI is InChI=1S/C28H22N2O2S/c1-19-11-14-22(15-12-19)29-28-30-27(31)26(33-28)17-24-23-10-6-5-9-21(23)13-16-25(24)32-18-20-7-3-2-4-8-20/h2-17H,18H2,1H3,(H,29,30,31). The summed E-state index contributed by atoms with van der Waals surface area (Å²) in [4.78, 5) is 17.9. The molecule has 0 atom stereocenters. The first-order chi connectivity index (χ1) is 16.2. The second kappa shape index (κ2) is 9.35. The number of amides is 1. The number of hydrogen-bond donors (Lipinski definition) is 1. The van der Waals surface area contributed by atoms with Gasteiger partial charge in [-0.25, -0.2) is 4.99 Å². The molecule has 5 heteroatoms. The third-order valence-corrected chi connectivity index (χ3v) is 6.27. The minimum absolute atomic E-state index is 0.159. The second-order valence-corrected chi connectivity index (χ2v) is 8.82. The molecule has 0 saturated carbocycles. The highest BCUT2D eigenvalue weighted by atomic mass is 32.2. The molecule has 33 heavy (non-hydrogen) atoms. The van der Waals surface area contributed by atoms with Crippen LogP contribution in [0.15, 0.2) is 101 Å². The van der Waals surface area contributed by atoms with Crippen molar-refractivity contribution in [3.8, 4) is 5.75 Å². The van der Waals surface area contributed by atoms with Crippen LogP contribution in [0.2, 0.25) is 0 Å². The van der Waals surface area contributed by atoms with Gasteiger partial charge >= 0.3 is 0 Å². The molecule has 4 aromatic rings. The summed E-state index contributed by atoms with van der Waals surface area (Å²) in [5.74, 6) is 0.579. The van der Waals surface area contributed by atoms with E-state index in [0.717, 1.165) is 33.3 Å². The van der Waals surface area contributed by atoms with E-state index in [0.29, 0.717) is 16.7 Å². The minimum atomic E-state index is -0.159. The number of aryl methyl sites for hydroxylation is 1. The summed E-state index contributed by atoms with van der Waals surface area (Å²) in [5, 5.41) is 5.58. The number of aliphatic imine (C=N–C) groups is 1. The van der Waals surface area contributed by atoms with Crippen LogP contribution in [0.25, 0.3) is 16.8 Å². The van der Waals surface area contributed by atoms with Crippen LogP contribution in [0.1, 0.15) is 16.7 Å². The van der Waals surface area contributed by atoms with Crippen molar-refractivity contribution in [2.75, 3.05) is 0 Å². The molecule has 0 spiro atoms. The first-order valence-electron chi connectivity index (χ1n) is 10.7. The predicted octanol–water partition coefficient (Wildman–Crippen LogP) is 6.62. The van der Waals surface area contributed by atoms with Crippen molar-refractivity contribution in [2.24, 2.45) is 4.99 Å². The van der Waals surface area contributed by atoms with Gasteiger partial charge in [0.25, 0.3) is 5.91 Å². The van der Waals surface area contributed by atoms with Crippen LogP contribution in [0.3, 0.4) is 0 Å². The molecule has 162 valence electrons. The molecule has 4 aromatic carbocycles. The molecule has 1 saturated heterocycles. The third kappa shape index (κ3) is 4.83. The lowest BCUT2D eigenvalue weighted by molar-refractivity contribution is -0.115. The maximum atomic E-state index is 12.7. The Hall–Kier alpha value is -3.83. The van der Waals surface area contributed by atoms with E-state index in [9.17, 15) is 4.79 Å². The van der Waals surface area contributed by atoms with Crippen LogP contribution >= 0.6 is 11.8 Å². The number of rotatable bonds is 5. The molecule has 0 aromatic heterocycles. The zero-order valence-electron chi connectivity index (χ0n) is 18.1. The van der Waals surface area contributed by atoms with E-state index in [1.807, 2.05) is 91.9 Å². The van der Waals surface area contributed by atoms with E-state index in [-0.39, 0.29) is 5.91 Å². The molecular weight excluding hydrogens is 428 g/mol. The Morgan fingerprint density at radius 2 is 1.67 bits per heavy atom. The monoisotopic (exact) mass is 450 g/mol. The molecule has 1 heterocycles. The van der Waals surface area contributed by atoms with Crippen molar-refractivity contribution in [2.45, 2.75) is 13.5 Å². The number of amidine groups is 1. The molecule has 4 nitrogen and oxygen atoms in total. The molecule has 0 aliphatic carbocycles. The van der Waals surface area contributed by atoms with Crippen molar-refractivity contribution in [3.05, 3.63) is 113 Å². The van der Waals surface area contributed by atoms with Crippen molar-refractivity contribution in [1.29, 1.82) is 0 Å². The van der Waals surface area contributed by atoms with E-state index >= 15 is 0 Å². The first kappa shape index (κ1) is 21.0. The Kier molecular flexibility index (Phi) is 5.96. The number of nitrogens with zero attached hydrogens (tertiary/aromatic N) is 1. The molecule has 0 unspecified atom stereocenters. The average molecular weight is 451 g/mol. The topological polar surface area (TPSA) is 50.7 Å². The number of ether oxygens (including phenoxy) is 1. The van der Waals surface area contributed by atoms with E-state index in [1.165, 1.54) is 17.3 Å². The maximum absolute atomic E-state index is 12.7. The highest BCUT2D eigenvalue weighted by molar-refractivity contribution is 8.18. The fourth-order valence-electron chi connectivity index (χ4n) is 3.63. The van der Waals surface area contributed by atoms with Gasteiger partial charge in [0.05, 0.1) is 10.6 Å². The lowest BCUT2D eigenvalue weighted by atomic mass is 10.0. The van der Waals surface area contributed by atoms with E-state index < -0.39 is 0 Å². The van der Waals surface area contributed by atoms with Crippen LogP contribution in [0, 0.1) is 6.92 Å².